The summed E-state index contributed by atoms with van der Waals surface area (Å²) in [6.45, 7) is 1.50. The van der Waals surface area contributed by atoms with Crippen molar-refractivity contribution in [1.29, 1.82) is 0 Å². The van der Waals surface area contributed by atoms with Crippen LogP contribution in [0, 0.1) is 0 Å². The molecule has 0 saturated heterocycles. The minimum atomic E-state index is -5.05. The third kappa shape index (κ3) is 17.8. The number of phosphoric acid groups is 2. The molecule has 0 aliphatic heterocycles. The van der Waals surface area contributed by atoms with Crippen LogP contribution in [-0.2, 0) is 18.2 Å². The van der Waals surface area contributed by atoms with E-state index in [1.807, 2.05) is 0 Å². The largest absolute Gasteiger partial charge is 0.478 e. The molecule has 0 amide bonds. The SMILES string of the molecule is C/C(=C\CCO)C(=O)O.O=P(O)(O)OP(=O)(O)O. The summed E-state index contributed by atoms with van der Waals surface area (Å²) in [6.07, 6.45) is 1.90. The van der Waals surface area contributed by atoms with Gasteiger partial charge in [-0.15, -0.1) is 0 Å². The Labute approximate surface area is 102 Å². The molecule has 0 radical (unpaired) electrons. The maximum absolute atomic E-state index is 10.1. The molecule has 10 nitrogen and oxygen atoms in total. The first kappa shape index (κ1) is 19.8. The molecule has 0 aromatic rings. The molecule has 0 aliphatic rings. The Morgan fingerprint density at radius 3 is 1.72 bits per heavy atom. The lowest BCUT2D eigenvalue weighted by Gasteiger charge is -2.03. The number of rotatable bonds is 5. The Balaban J connectivity index is 0. The number of aliphatic hydroxyl groups is 1. The minimum Gasteiger partial charge on any atom is -0.478 e. The van der Waals surface area contributed by atoms with E-state index in [2.05, 4.69) is 4.31 Å². The van der Waals surface area contributed by atoms with E-state index >= 15 is 0 Å². The van der Waals surface area contributed by atoms with Crippen LogP contribution in [0.15, 0.2) is 11.6 Å². The molecule has 0 atom stereocenters. The summed E-state index contributed by atoms with van der Waals surface area (Å²) in [4.78, 5) is 41.1. The molecular weight excluding hydrogens is 294 g/mol. The van der Waals surface area contributed by atoms with E-state index < -0.39 is 21.6 Å². The lowest BCUT2D eigenvalue weighted by atomic mass is 10.2. The number of aliphatic carboxylic acids is 1. The summed E-state index contributed by atoms with van der Waals surface area (Å²) in [5.74, 6) is -0.927. The van der Waals surface area contributed by atoms with E-state index in [0.717, 1.165) is 0 Å². The van der Waals surface area contributed by atoms with Gasteiger partial charge in [0.1, 0.15) is 0 Å². The van der Waals surface area contributed by atoms with Gasteiger partial charge < -0.3 is 29.8 Å². The van der Waals surface area contributed by atoms with Crippen LogP contribution in [0.3, 0.4) is 0 Å². The summed E-state index contributed by atoms with van der Waals surface area (Å²) in [5.41, 5.74) is 0.282. The summed E-state index contributed by atoms with van der Waals surface area (Å²) in [5, 5.41) is 16.5. The molecule has 18 heavy (non-hydrogen) atoms. The second kappa shape index (κ2) is 8.52. The number of hydrogen-bond acceptors (Lipinski definition) is 5. The smallest absolute Gasteiger partial charge is 0.478 e. The van der Waals surface area contributed by atoms with Crippen molar-refractivity contribution in [3.63, 3.8) is 0 Å². The third-order valence-corrected chi connectivity index (χ3v) is 2.83. The van der Waals surface area contributed by atoms with Crippen LogP contribution in [0.4, 0.5) is 0 Å². The Kier molecular flexibility index (Phi) is 9.35. The minimum absolute atomic E-state index is 0.00458. The average Bonchev–Trinajstić information content (AvgIpc) is 2.08. The van der Waals surface area contributed by atoms with Gasteiger partial charge >= 0.3 is 21.6 Å². The molecule has 0 unspecified atom stereocenters. The van der Waals surface area contributed by atoms with Gasteiger partial charge in [0.05, 0.1) is 0 Å². The Morgan fingerprint density at radius 1 is 1.17 bits per heavy atom. The number of carboxylic acids is 1. The number of hydrogen-bond donors (Lipinski definition) is 6. The summed E-state index contributed by atoms with van der Waals surface area (Å²) >= 11 is 0. The van der Waals surface area contributed by atoms with Crippen molar-refractivity contribution in [1.82, 2.24) is 0 Å². The van der Waals surface area contributed by atoms with Crippen LogP contribution in [0.2, 0.25) is 0 Å². The molecule has 0 bridgehead atoms. The fraction of sp³-hybridized carbons (Fsp3) is 0.500. The van der Waals surface area contributed by atoms with Crippen LogP contribution in [0.1, 0.15) is 13.3 Å². The average molecular weight is 308 g/mol. The lowest BCUT2D eigenvalue weighted by Crippen LogP contribution is -1.95. The Hall–Kier alpha value is -0.570. The highest BCUT2D eigenvalue weighted by Gasteiger charge is 2.27. The number of aliphatic hydroxyl groups excluding tert-OH is 1. The first-order chi connectivity index (χ1) is 7.89. The first-order valence-electron chi connectivity index (χ1n) is 4.22. The van der Waals surface area contributed by atoms with E-state index in [-0.39, 0.29) is 12.2 Å². The van der Waals surface area contributed by atoms with E-state index in [1.54, 1.807) is 0 Å². The predicted molar refractivity (Wildman–Crippen MR) is 58.3 cm³/mol. The van der Waals surface area contributed by atoms with Crippen molar-refractivity contribution in [3.8, 4) is 0 Å². The molecule has 6 N–H and O–H groups in total. The number of carboxylic acid groups (broad SMARTS) is 1. The molecule has 0 fully saturated rings. The zero-order valence-electron chi connectivity index (χ0n) is 9.20. The van der Waals surface area contributed by atoms with Gasteiger partial charge in [-0.2, -0.15) is 4.31 Å². The molecule has 108 valence electrons. The number of carbonyl (C=O) groups is 1. The van der Waals surface area contributed by atoms with Crippen LogP contribution in [0.25, 0.3) is 0 Å². The van der Waals surface area contributed by atoms with Crippen molar-refractivity contribution >= 4 is 21.6 Å². The molecule has 0 aliphatic carbocycles. The maximum atomic E-state index is 10.1. The summed E-state index contributed by atoms with van der Waals surface area (Å²) in [7, 11) is -10.1. The summed E-state index contributed by atoms with van der Waals surface area (Å²) in [6, 6.07) is 0. The van der Waals surface area contributed by atoms with Crippen molar-refractivity contribution in [2.24, 2.45) is 0 Å². The maximum Gasteiger partial charge on any atom is 0.478 e. The van der Waals surface area contributed by atoms with Gasteiger partial charge in [0.25, 0.3) is 0 Å². The van der Waals surface area contributed by atoms with Gasteiger partial charge in [0.2, 0.25) is 0 Å². The second-order valence-corrected chi connectivity index (χ2v) is 5.38. The van der Waals surface area contributed by atoms with E-state index in [9.17, 15) is 13.9 Å². The molecule has 0 aromatic heterocycles. The van der Waals surface area contributed by atoms with Gasteiger partial charge in [0, 0.05) is 12.2 Å². The topological polar surface area (TPSA) is 182 Å². The summed E-state index contributed by atoms with van der Waals surface area (Å²) < 4.78 is 22.2. The van der Waals surface area contributed by atoms with Gasteiger partial charge in [0.15, 0.2) is 0 Å². The van der Waals surface area contributed by atoms with E-state index in [1.165, 1.54) is 13.0 Å². The van der Waals surface area contributed by atoms with Gasteiger partial charge in [-0.25, -0.2) is 13.9 Å². The van der Waals surface area contributed by atoms with Gasteiger partial charge in [-0.3, -0.25) is 0 Å². The quantitative estimate of drug-likeness (QED) is 0.288. The molecule has 0 rings (SSSR count). The molecular formula is C6H14O10P2. The monoisotopic (exact) mass is 308 g/mol. The molecule has 0 aromatic carbocycles. The van der Waals surface area contributed by atoms with E-state index in [0.29, 0.717) is 6.42 Å². The fourth-order valence-electron chi connectivity index (χ4n) is 0.507. The Bertz CT molecular complexity index is 356. The Morgan fingerprint density at radius 2 is 1.56 bits per heavy atom. The zero-order chi connectivity index (χ0) is 15.0. The molecule has 0 saturated carbocycles. The van der Waals surface area contributed by atoms with Crippen molar-refractivity contribution in [2.75, 3.05) is 6.61 Å². The van der Waals surface area contributed by atoms with Gasteiger partial charge in [-0.1, -0.05) is 6.08 Å². The lowest BCUT2D eigenvalue weighted by molar-refractivity contribution is -0.132. The van der Waals surface area contributed by atoms with Crippen molar-refractivity contribution in [2.45, 2.75) is 13.3 Å². The van der Waals surface area contributed by atoms with Crippen LogP contribution < -0.4 is 0 Å². The van der Waals surface area contributed by atoms with Crippen LogP contribution >= 0.6 is 15.6 Å². The van der Waals surface area contributed by atoms with E-state index in [4.69, 9.17) is 29.8 Å². The second-order valence-electron chi connectivity index (χ2n) is 2.77. The molecule has 12 heteroatoms. The van der Waals surface area contributed by atoms with Crippen molar-refractivity contribution in [3.05, 3.63) is 11.6 Å². The zero-order valence-corrected chi connectivity index (χ0v) is 11.0. The van der Waals surface area contributed by atoms with Crippen LogP contribution in [-0.4, -0.2) is 42.4 Å². The molecule has 0 heterocycles. The first-order valence-corrected chi connectivity index (χ1v) is 7.28. The highest BCUT2D eigenvalue weighted by Crippen LogP contribution is 2.53. The molecule has 0 spiro atoms. The predicted octanol–water partition coefficient (Wildman–Crippen LogP) is -0.412. The van der Waals surface area contributed by atoms with Crippen molar-refractivity contribution < 1.29 is 48.0 Å². The highest BCUT2D eigenvalue weighted by molar-refractivity contribution is 7.60. The standard InChI is InChI=1S/C6H10O3.H4O7P2/c1-5(6(8)9)3-2-4-7;1-8(2,3)7-9(4,5)6/h3,7H,2,4H2,1H3,(H,8,9);(H2,1,2,3)(H2,4,5,6)/b5-3+;. The highest BCUT2D eigenvalue weighted by atomic mass is 31.3. The fourth-order valence-corrected chi connectivity index (χ4v) is 1.62. The normalized spacial score (nSPS) is 12.7. The third-order valence-electron chi connectivity index (χ3n) is 1.13. The van der Waals surface area contributed by atoms with Gasteiger partial charge in [-0.05, 0) is 13.3 Å². The van der Waals surface area contributed by atoms with Crippen LogP contribution in [0.5, 0.6) is 0 Å².